The molecule has 2 fully saturated rings. The maximum atomic E-state index is 12.5. The number of carbonyl (C=O) groups is 2. The fourth-order valence-electron chi connectivity index (χ4n) is 3.52. The van der Waals surface area contributed by atoms with Crippen LogP contribution in [0, 0.1) is 11.8 Å². The zero-order valence-corrected chi connectivity index (χ0v) is 13.8. The Kier molecular flexibility index (Phi) is 5.25. The van der Waals surface area contributed by atoms with E-state index in [1.807, 2.05) is 18.7 Å². The van der Waals surface area contributed by atoms with Gasteiger partial charge >= 0.3 is 0 Å². The van der Waals surface area contributed by atoms with Crippen LogP contribution in [0.4, 0.5) is 0 Å². The van der Waals surface area contributed by atoms with E-state index in [0.29, 0.717) is 5.92 Å². The van der Waals surface area contributed by atoms with Crippen LogP contribution in [0.3, 0.4) is 0 Å². The molecule has 0 aromatic heterocycles. The van der Waals surface area contributed by atoms with Gasteiger partial charge in [-0.25, -0.2) is 0 Å². The van der Waals surface area contributed by atoms with E-state index in [0.717, 1.165) is 39.0 Å². The van der Waals surface area contributed by atoms with Gasteiger partial charge in [0.2, 0.25) is 11.8 Å². The number of piperazine rings is 1. The molecular weight excluding hydrogens is 266 g/mol. The highest BCUT2D eigenvalue weighted by molar-refractivity contribution is 5.96. The van der Waals surface area contributed by atoms with Crippen LogP contribution >= 0.6 is 0 Å². The molecule has 5 nitrogen and oxygen atoms in total. The number of rotatable bonds is 4. The molecule has 0 spiro atoms. The number of nitrogens with zero attached hydrogens (tertiary/aromatic N) is 2. The molecule has 0 saturated carbocycles. The summed E-state index contributed by atoms with van der Waals surface area (Å²) < 4.78 is 0. The topological polar surface area (TPSA) is 52.6 Å². The summed E-state index contributed by atoms with van der Waals surface area (Å²) >= 11 is 0. The first-order valence-electron chi connectivity index (χ1n) is 8.27. The highest BCUT2D eigenvalue weighted by Gasteiger charge is 2.41. The minimum absolute atomic E-state index is 0.00286. The van der Waals surface area contributed by atoms with Gasteiger partial charge in [-0.3, -0.25) is 9.59 Å². The fourth-order valence-corrected chi connectivity index (χ4v) is 3.52. The quantitative estimate of drug-likeness (QED) is 0.845. The molecular formula is C16H29N3O2. The molecule has 2 aliphatic heterocycles. The number of hydrogen-bond acceptors (Lipinski definition) is 3. The predicted molar refractivity (Wildman–Crippen MR) is 82.8 cm³/mol. The van der Waals surface area contributed by atoms with E-state index < -0.39 is 0 Å². The second-order valence-electron chi connectivity index (χ2n) is 6.79. The Hall–Kier alpha value is -1.10. The molecule has 0 aromatic carbocycles. The number of likely N-dealkylation sites (tertiary alicyclic amines) is 1. The van der Waals surface area contributed by atoms with Gasteiger partial charge in [0.1, 0.15) is 12.1 Å². The van der Waals surface area contributed by atoms with E-state index in [1.165, 1.54) is 0 Å². The number of nitrogens with one attached hydrogen (secondary N) is 1. The zero-order chi connectivity index (χ0) is 15.6. The maximum Gasteiger partial charge on any atom is 0.245 e. The summed E-state index contributed by atoms with van der Waals surface area (Å²) in [6.45, 7) is 12.0. The second kappa shape index (κ2) is 6.77. The van der Waals surface area contributed by atoms with E-state index in [9.17, 15) is 9.59 Å². The van der Waals surface area contributed by atoms with Gasteiger partial charge in [0, 0.05) is 6.54 Å². The standard InChI is InChI=1S/C16H29N3O2/c1-5-18-8-6-13(7-9-18)10-19-14(11(2)3)15(20)17-12(4)16(19)21/h11-14H,5-10H2,1-4H3,(H,17,20). The van der Waals surface area contributed by atoms with Crippen LogP contribution in [-0.2, 0) is 9.59 Å². The lowest BCUT2D eigenvalue weighted by molar-refractivity contribution is -0.151. The normalized spacial score (nSPS) is 29.1. The van der Waals surface area contributed by atoms with Crippen molar-refractivity contribution in [3.05, 3.63) is 0 Å². The smallest absolute Gasteiger partial charge is 0.245 e. The third-order valence-electron chi connectivity index (χ3n) is 4.86. The molecule has 120 valence electrons. The minimum Gasteiger partial charge on any atom is -0.343 e. The molecule has 21 heavy (non-hydrogen) atoms. The summed E-state index contributed by atoms with van der Waals surface area (Å²) in [5.74, 6) is 0.752. The van der Waals surface area contributed by atoms with Gasteiger partial charge in [-0.05, 0) is 51.2 Å². The molecule has 2 amide bonds. The molecule has 0 aliphatic carbocycles. The van der Waals surface area contributed by atoms with Gasteiger partial charge in [0.05, 0.1) is 0 Å². The van der Waals surface area contributed by atoms with Crippen LogP contribution < -0.4 is 5.32 Å². The monoisotopic (exact) mass is 295 g/mol. The molecule has 1 N–H and O–H groups in total. The molecule has 0 radical (unpaired) electrons. The molecule has 2 aliphatic rings. The van der Waals surface area contributed by atoms with E-state index in [2.05, 4.69) is 17.1 Å². The summed E-state index contributed by atoms with van der Waals surface area (Å²) in [4.78, 5) is 29.0. The first kappa shape index (κ1) is 16.3. The molecule has 2 heterocycles. The molecule has 0 bridgehead atoms. The summed E-state index contributed by atoms with van der Waals surface area (Å²) in [5, 5.41) is 2.81. The first-order chi connectivity index (χ1) is 9.93. The molecule has 2 saturated heterocycles. The second-order valence-corrected chi connectivity index (χ2v) is 6.79. The lowest BCUT2D eigenvalue weighted by Gasteiger charge is -2.42. The van der Waals surface area contributed by atoms with Crippen molar-refractivity contribution in [2.24, 2.45) is 11.8 Å². The van der Waals surface area contributed by atoms with Crippen molar-refractivity contribution in [3.63, 3.8) is 0 Å². The highest BCUT2D eigenvalue weighted by atomic mass is 16.2. The number of piperidine rings is 1. The van der Waals surface area contributed by atoms with Crippen molar-refractivity contribution < 1.29 is 9.59 Å². The van der Waals surface area contributed by atoms with E-state index in [-0.39, 0.29) is 29.8 Å². The fraction of sp³-hybridized carbons (Fsp3) is 0.875. The van der Waals surface area contributed by atoms with Crippen molar-refractivity contribution in [1.29, 1.82) is 0 Å². The lowest BCUT2D eigenvalue weighted by Crippen LogP contribution is -2.64. The molecule has 2 rings (SSSR count). The van der Waals surface area contributed by atoms with Gasteiger partial charge in [0.15, 0.2) is 0 Å². The lowest BCUT2D eigenvalue weighted by atomic mass is 9.92. The van der Waals surface area contributed by atoms with E-state index in [4.69, 9.17) is 0 Å². The van der Waals surface area contributed by atoms with Crippen molar-refractivity contribution in [2.75, 3.05) is 26.2 Å². The SMILES string of the molecule is CCN1CCC(CN2C(=O)C(C)NC(=O)C2C(C)C)CC1. The molecule has 5 heteroatoms. The van der Waals surface area contributed by atoms with Crippen molar-refractivity contribution in [2.45, 2.75) is 52.6 Å². The van der Waals surface area contributed by atoms with Crippen molar-refractivity contribution in [3.8, 4) is 0 Å². The largest absolute Gasteiger partial charge is 0.343 e. The summed E-state index contributed by atoms with van der Waals surface area (Å²) in [5.41, 5.74) is 0. The van der Waals surface area contributed by atoms with Crippen molar-refractivity contribution >= 4 is 11.8 Å². The molecule has 2 atom stereocenters. The van der Waals surface area contributed by atoms with Gasteiger partial charge in [-0.1, -0.05) is 20.8 Å². The Morgan fingerprint density at radius 1 is 1.24 bits per heavy atom. The van der Waals surface area contributed by atoms with Crippen LogP contribution in [0.15, 0.2) is 0 Å². The molecule has 0 aromatic rings. The summed E-state index contributed by atoms with van der Waals surface area (Å²) in [7, 11) is 0. The van der Waals surface area contributed by atoms with Gasteiger partial charge in [0.25, 0.3) is 0 Å². The Labute approximate surface area is 128 Å². The Morgan fingerprint density at radius 2 is 1.86 bits per heavy atom. The Balaban J connectivity index is 2.04. The van der Waals surface area contributed by atoms with E-state index in [1.54, 1.807) is 6.92 Å². The predicted octanol–water partition coefficient (Wildman–Crippen LogP) is 1.09. The number of carbonyl (C=O) groups excluding carboxylic acids is 2. The summed E-state index contributed by atoms with van der Waals surface area (Å²) in [6.07, 6.45) is 2.25. The zero-order valence-electron chi connectivity index (χ0n) is 13.8. The van der Waals surface area contributed by atoms with Gasteiger partial charge in [-0.15, -0.1) is 0 Å². The number of amides is 2. The minimum atomic E-state index is -0.386. The summed E-state index contributed by atoms with van der Waals surface area (Å²) in [6, 6.07) is -0.693. The van der Waals surface area contributed by atoms with Crippen LogP contribution in [0.1, 0.15) is 40.5 Å². The third kappa shape index (κ3) is 3.57. The average Bonchev–Trinajstić information content (AvgIpc) is 2.44. The molecule has 2 unspecified atom stereocenters. The van der Waals surface area contributed by atoms with Crippen LogP contribution in [-0.4, -0.2) is 59.9 Å². The van der Waals surface area contributed by atoms with E-state index >= 15 is 0 Å². The Morgan fingerprint density at radius 3 is 2.38 bits per heavy atom. The van der Waals surface area contributed by atoms with Crippen LogP contribution in [0.2, 0.25) is 0 Å². The number of hydrogen-bond donors (Lipinski definition) is 1. The average molecular weight is 295 g/mol. The van der Waals surface area contributed by atoms with Crippen molar-refractivity contribution in [1.82, 2.24) is 15.1 Å². The maximum absolute atomic E-state index is 12.5. The highest BCUT2D eigenvalue weighted by Crippen LogP contribution is 2.23. The van der Waals surface area contributed by atoms with Crippen LogP contribution in [0.25, 0.3) is 0 Å². The van der Waals surface area contributed by atoms with Crippen LogP contribution in [0.5, 0.6) is 0 Å². The Bertz CT molecular complexity index is 389. The first-order valence-corrected chi connectivity index (χ1v) is 8.27. The van der Waals surface area contributed by atoms with Gasteiger partial charge in [-0.2, -0.15) is 0 Å². The van der Waals surface area contributed by atoms with Gasteiger partial charge < -0.3 is 15.1 Å². The third-order valence-corrected chi connectivity index (χ3v) is 4.86.